The number of rotatable bonds is 6. The fourth-order valence-corrected chi connectivity index (χ4v) is 4.66. The zero-order valence-corrected chi connectivity index (χ0v) is 20.0. The quantitative estimate of drug-likeness (QED) is 0.300. The molecule has 3 heterocycles. The molecule has 0 unspecified atom stereocenters. The van der Waals surface area contributed by atoms with Gasteiger partial charge in [-0.2, -0.15) is 10.4 Å². The molecule has 0 fully saturated rings. The van der Waals surface area contributed by atoms with Gasteiger partial charge in [0.25, 0.3) is 5.91 Å². The van der Waals surface area contributed by atoms with Crippen molar-refractivity contribution in [1.82, 2.24) is 14.3 Å². The molecule has 4 aromatic rings. The number of anilines is 1. The van der Waals surface area contributed by atoms with Gasteiger partial charge in [-0.15, -0.1) is 0 Å². The SMILES string of the molecule is CCN(/N=C/c1ccc2c(c1)C(C)(C)N(Cc1ccccc1)C2=O)c1nccn2c(C#N)ccc12. The van der Waals surface area contributed by atoms with Crippen LogP contribution in [0.25, 0.3) is 5.52 Å². The molecule has 0 radical (unpaired) electrons. The van der Waals surface area contributed by atoms with E-state index in [0.717, 1.165) is 27.8 Å². The van der Waals surface area contributed by atoms with Crippen molar-refractivity contribution in [2.24, 2.45) is 5.10 Å². The number of hydrogen-bond donors (Lipinski definition) is 0. The lowest BCUT2D eigenvalue weighted by atomic mass is 9.92. The molecule has 1 aliphatic rings. The van der Waals surface area contributed by atoms with Gasteiger partial charge in [-0.1, -0.05) is 36.4 Å². The molecule has 5 rings (SSSR count). The second-order valence-corrected chi connectivity index (χ2v) is 9.04. The first-order valence-electron chi connectivity index (χ1n) is 11.6. The number of nitriles is 1. The highest BCUT2D eigenvalue weighted by Gasteiger charge is 2.42. The first kappa shape index (κ1) is 22.4. The maximum Gasteiger partial charge on any atom is 0.255 e. The molecule has 0 bridgehead atoms. The number of aromatic nitrogens is 2. The molecule has 1 amide bonds. The number of hydrazone groups is 1. The highest BCUT2D eigenvalue weighted by molar-refractivity contribution is 6.00. The third-order valence-corrected chi connectivity index (χ3v) is 6.60. The minimum atomic E-state index is -0.441. The average Bonchev–Trinajstić information content (AvgIpc) is 3.38. The lowest BCUT2D eigenvalue weighted by molar-refractivity contribution is 0.0595. The van der Waals surface area contributed by atoms with Crippen molar-refractivity contribution in [3.8, 4) is 6.07 Å². The lowest BCUT2D eigenvalue weighted by Gasteiger charge is -2.32. The first-order chi connectivity index (χ1) is 16.9. The Balaban J connectivity index is 1.44. The number of fused-ring (bicyclic) bond motifs is 2. The predicted molar refractivity (Wildman–Crippen MR) is 136 cm³/mol. The van der Waals surface area contributed by atoms with Gasteiger partial charge in [-0.25, -0.2) is 9.99 Å². The van der Waals surface area contributed by atoms with E-state index in [1.807, 2.05) is 69.8 Å². The summed E-state index contributed by atoms with van der Waals surface area (Å²) in [6.07, 6.45) is 5.24. The molecule has 0 saturated carbocycles. The van der Waals surface area contributed by atoms with E-state index in [0.29, 0.717) is 24.6 Å². The van der Waals surface area contributed by atoms with Crippen molar-refractivity contribution in [3.63, 3.8) is 0 Å². The molecule has 35 heavy (non-hydrogen) atoms. The van der Waals surface area contributed by atoms with Crippen LogP contribution in [-0.4, -0.2) is 33.0 Å². The van der Waals surface area contributed by atoms with Crippen molar-refractivity contribution in [2.45, 2.75) is 32.9 Å². The van der Waals surface area contributed by atoms with E-state index in [4.69, 9.17) is 5.10 Å². The topological polar surface area (TPSA) is 77.0 Å². The molecule has 1 aliphatic heterocycles. The molecule has 0 aliphatic carbocycles. The summed E-state index contributed by atoms with van der Waals surface area (Å²) in [4.78, 5) is 19.7. The van der Waals surface area contributed by atoms with E-state index in [1.165, 1.54) is 0 Å². The number of carbonyl (C=O) groups is 1. The van der Waals surface area contributed by atoms with Crippen LogP contribution in [0.4, 0.5) is 5.82 Å². The van der Waals surface area contributed by atoms with Crippen LogP contribution >= 0.6 is 0 Å². The molecular formula is C28H26N6O. The number of nitrogens with zero attached hydrogens (tertiary/aromatic N) is 6. The van der Waals surface area contributed by atoms with E-state index in [9.17, 15) is 10.1 Å². The van der Waals surface area contributed by atoms with E-state index >= 15 is 0 Å². The van der Waals surface area contributed by atoms with Gasteiger partial charge < -0.3 is 9.30 Å². The fraction of sp³-hybridized carbons (Fsp3) is 0.214. The van der Waals surface area contributed by atoms with Gasteiger partial charge in [0.1, 0.15) is 11.8 Å². The summed E-state index contributed by atoms with van der Waals surface area (Å²) in [6, 6.07) is 21.8. The Kier molecular flexibility index (Phi) is 5.58. The lowest BCUT2D eigenvalue weighted by Crippen LogP contribution is -2.38. The zero-order chi connectivity index (χ0) is 24.6. The summed E-state index contributed by atoms with van der Waals surface area (Å²) in [6.45, 7) is 7.34. The third-order valence-electron chi connectivity index (χ3n) is 6.60. The summed E-state index contributed by atoms with van der Waals surface area (Å²) in [5.74, 6) is 0.725. The number of benzene rings is 2. The van der Waals surface area contributed by atoms with Gasteiger partial charge in [0, 0.05) is 31.0 Å². The van der Waals surface area contributed by atoms with Gasteiger partial charge in [-0.3, -0.25) is 4.79 Å². The zero-order valence-electron chi connectivity index (χ0n) is 20.0. The standard InChI is InChI=1S/C28H26N6O/c1-4-34(26-25-13-11-22(17-29)32(25)15-14-30-26)31-18-21-10-12-23-24(16-21)28(2,3)33(27(23)35)19-20-8-6-5-7-9-20/h5-16,18H,4,19H2,1-3H3/b31-18+. The fourth-order valence-electron chi connectivity index (χ4n) is 4.66. The Bertz CT molecular complexity index is 1480. The minimum Gasteiger partial charge on any atom is -0.325 e. The molecule has 174 valence electrons. The first-order valence-corrected chi connectivity index (χ1v) is 11.6. The third kappa shape index (κ3) is 3.83. The Morgan fingerprint density at radius 2 is 1.94 bits per heavy atom. The molecule has 0 atom stereocenters. The summed E-state index contributed by atoms with van der Waals surface area (Å²) >= 11 is 0. The molecule has 0 saturated heterocycles. The van der Waals surface area contributed by atoms with Gasteiger partial charge in [-0.05, 0) is 61.7 Å². The van der Waals surface area contributed by atoms with Crippen LogP contribution in [0, 0.1) is 11.3 Å². The van der Waals surface area contributed by atoms with Crippen molar-refractivity contribution >= 4 is 23.5 Å². The number of amides is 1. The Hall–Kier alpha value is -4.44. The second kappa shape index (κ2) is 8.73. The van der Waals surface area contributed by atoms with Crippen molar-refractivity contribution < 1.29 is 4.79 Å². The van der Waals surface area contributed by atoms with Crippen LogP contribution in [0.5, 0.6) is 0 Å². The maximum atomic E-state index is 13.2. The largest absolute Gasteiger partial charge is 0.325 e. The summed E-state index contributed by atoms with van der Waals surface area (Å²) < 4.78 is 1.81. The molecule has 0 N–H and O–H groups in total. The van der Waals surface area contributed by atoms with Crippen LogP contribution in [0.2, 0.25) is 0 Å². The molecule has 2 aromatic heterocycles. The predicted octanol–water partition coefficient (Wildman–Crippen LogP) is 4.96. The van der Waals surface area contributed by atoms with E-state index < -0.39 is 5.54 Å². The Morgan fingerprint density at radius 3 is 2.69 bits per heavy atom. The Morgan fingerprint density at radius 1 is 1.14 bits per heavy atom. The highest BCUT2D eigenvalue weighted by Crippen LogP contribution is 2.40. The van der Waals surface area contributed by atoms with Crippen LogP contribution in [-0.2, 0) is 12.1 Å². The van der Waals surface area contributed by atoms with E-state index in [1.54, 1.807) is 24.7 Å². The van der Waals surface area contributed by atoms with Gasteiger partial charge in [0.15, 0.2) is 5.82 Å². The molecule has 0 spiro atoms. The van der Waals surface area contributed by atoms with Gasteiger partial charge in [0.05, 0.1) is 17.3 Å². The molecule has 2 aromatic carbocycles. The summed E-state index contributed by atoms with van der Waals surface area (Å²) in [5.41, 5.74) is 4.67. The van der Waals surface area contributed by atoms with Crippen molar-refractivity contribution in [1.29, 1.82) is 5.26 Å². The van der Waals surface area contributed by atoms with Crippen molar-refractivity contribution in [2.75, 3.05) is 11.6 Å². The monoisotopic (exact) mass is 462 g/mol. The Labute approximate surface area is 204 Å². The van der Waals surface area contributed by atoms with Crippen LogP contribution in [0.3, 0.4) is 0 Å². The van der Waals surface area contributed by atoms with Gasteiger partial charge >= 0.3 is 0 Å². The second-order valence-electron chi connectivity index (χ2n) is 9.04. The smallest absolute Gasteiger partial charge is 0.255 e. The number of carbonyl (C=O) groups excluding carboxylic acids is 1. The summed E-state index contributed by atoms with van der Waals surface area (Å²) in [5, 5.41) is 15.8. The maximum absolute atomic E-state index is 13.2. The van der Waals surface area contributed by atoms with Crippen LogP contribution in [0.15, 0.2) is 78.2 Å². The highest BCUT2D eigenvalue weighted by atomic mass is 16.2. The van der Waals surface area contributed by atoms with Crippen molar-refractivity contribution in [3.05, 3.63) is 101 Å². The van der Waals surface area contributed by atoms with Gasteiger partial charge in [0.2, 0.25) is 0 Å². The average molecular weight is 463 g/mol. The summed E-state index contributed by atoms with van der Waals surface area (Å²) in [7, 11) is 0. The van der Waals surface area contributed by atoms with E-state index in [-0.39, 0.29) is 5.91 Å². The van der Waals surface area contributed by atoms with Crippen LogP contribution in [0.1, 0.15) is 53.5 Å². The molecule has 7 heteroatoms. The minimum absolute atomic E-state index is 0.0462. The molecular weight excluding hydrogens is 436 g/mol. The van der Waals surface area contributed by atoms with E-state index in [2.05, 4.69) is 31.0 Å². The molecule has 7 nitrogen and oxygen atoms in total. The number of hydrogen-bond acceptors (Lipinski definition) is 5. The van der Waals surface area contributed by atoms with Crippen LogP contribution < -0.4 is 5.01 Å². The normalized spacial score (nSPS) is 14.5.